The second-order valence-corrected chi connectivity index (χ2v) is 5.05. The number of rotatable bonds is 4. The standard InChI is InChI=1S/C11H11Br2NO2/c1-3-14(2)11-8(10(16)6-15)4-7(12)5-9(11)13/h4-6H,3H2,1-2H3. The van der Waals surface area contributed by atoms with E-state index in [1.807, 2.05) is 24.9 Å². The number of hydrogen-bond donors (Lipinski definition) is 0. The number of anilines is 1. The van der Waals surface area contributed by atoms with Gasteiger partial charge in [-0.2, -0.15) is 0 Å². The van der Waals surface area contributed by atoms with E-state index in [0.29, 0.717) is 11.8 Å². The van der Waals surface area contributed by atoms with Gasteiger partial charge in [-0.25, -0.2) is 0 Å². The fourth-order valence-corrected chi connectivity index (χ4v) is 2.89. The minimum Gasteiger partial charge on any atom is -0.373 e. The highest BCUT2D eigenvalue weighted by Crippen LogP contribution is 2.33. The minimum absolute atomic E-state index is 0.335. The van der Waals surface area contributed by atoms with Crippen molar-refractivity contribution in [2.24, 2.45) is 0 Å². The molecule has 0 unspecified atom stereocenters. The van der Waals surface area contributed by atoms with Crippen LogP contribution >= 0.6 is 31.9 Å². The van der Waals surface area contributed by atoms with Gasteiger partial charge in [-0.3, -0.25) is 9.59 Å². The van der Waals surface area contributed by atoms with Crippen LogP contribution in [0.3, 0.4) is 0 Å². The van der Waals surface area contributed by atoms with Crippen molar-refractivity contribution in [3.05, 3.63) is 26.6 Å². The minimum atomic E-state index is -0.516. The zero-order valence-corrected chi connectivity index (χ0v) is 12.1. The molecule has 3 nitrogen and oxygen atoms in total. The molecule has 0 heterocycles. The van der Waals surface area contributed by atoms with Gasteiger partial charge >= 0.3 is 0 Å². The lowest BCUT2D eigenvalue weighted by Gasteiger charge is -2.21. The maximum Gasteiger partial charge on any atom is 0.227 e. The summed E-state index contributed by atoms with van der Waals surface area (Å²) in [5, 5.41) is 0. The molecule has 1 rings (SSSR count). The van der Waals surface area contributed by atoms with Crippen LogP contribution < -0.4 is 4.90 Å². The molecule has 5 heteroatoms. The monoisotopic (exact) mass is 347 g/mol. The van der Waals surface area contributed by atoms with E-state index in [1.54, 1.807) is 6.07 Å². The molecule has 0 fully saturated rings. The summed E-state index contributed by atoms with van der Waals surface area (Å²) in [6.07, 6.45) is 0.335. The molecule has 0 spiro atoms. The Hall–Kier alpha value is -0.680. The smallest absolute Gasteiger partial charge is 0.227 e. The van der Waals surface area contributed by atoms with Gasteiger partial charge in [-0.15, -0.1) is 0 Å². The molecule has 1 aromatic carbocycles. The number of carbonyl (C=O) groups excluding carboxylic acids is 2. The summed E-state index contributed by atoms with van der Waals surface area (Å²) < 4.78 is 1.55. The van der Waals surface area contributed by atoms with Crippen molar-refractivity contribution < 1.29 is 9.59 Å². The molecule has 0 saturated carbocycles. The first kappa shape index (κ1) is 13.4. The van der Waals surface area contributed by atoms with E-state index in [9.17, 15) is 9.59 Å². The molecule has 0 atom stereocenters. The lowest BCUT2D eigenvalue weighted by atomic mass is 10.1. The number of Topliss-reactive ketones (excluding diaryl/α,β-unsaturated/α-hetero) is 1. The molecule has 0 radical (unpaired) electrons. The molecular formula is C11H11Br2NO2. The van der Waals surface area contributed by atoms with E-state index < -0.39 is 5.78 Å². The highest BCUT2D eigenvalue weighted by atomic mass is 79.9. The average Bonchev–Trinajstić information content (AvgIpc) is 2.26. The van der Waals surface area contributed by atoms with Gasteiger partial charge in [0.25, 0.3) is 0 Å². The highest BCUT2D eigenvalue weighted by molar-refractivity contribution is 9.11. The number of aldehydes is 1. The molecule has 0 aliphatic heterocycles. The number of benzene rings is 1. The second-order valence-electron chi connectivity index (χ2n) is 3.28. The highest BCUT2D eigenvalue weighted by Gasteiger charge is 2.17. The van der Waals surface area contributed by atoms with Crippen LogP contribution in [0.4, 0.5) is 5.69 Å². The van der Waals surface area contributed by atoms with Gasteiger partial charge in [0.2, 0.25) is 5.78 Å². The molecule has 0 amide bonds. The topological polar surface area (TPSA) is 37.4 Å². The van der Waals surface area contributed by atoms with Crippen molar-refractivity contribution in [2.45, 2.75) is 6.92 Å². The third-order valence-electron chi connectivity index (χ3n) is 2.26. The van der Waals surface area contributed by atoms with Crippen molar-refractivity contribution in [2.75, 3.05) is 18.5 Å². The predicted molar refractivity (Wildman–Crippen MR) is 71.2 cm³/mol. The first-order valence-electron chi connectivity index (χ1n) is 4.71. The van der Waals surface area contributed by atoms with Crippen LogP contribution in [-0.2, 0) is 4.79 Å². The molecule has 16 heavy (non-hydrogen) atoms. The van der Waals surface area contributed by atoms with Crippen LogP contribution in [0.5, 0.6) is 0 Å². The van der Waals surface area contributed by atoms with Gasteiger partial charge in [0.1, 0.15) is 0 Å². The number of carbonyl (C=O) groups is 2. The van der Waals surface area contributed by atoms with Crippen LogP contribution in [0.2, 0.25) is 0 Å². The molecular weight excluding hydrogens is 338 g/mol. The van der Waals surface area contributed by atoms with Gasteiger partial charge in [0.15, 0.2) is 6.29 Å². The third-order valence-corrected chi connectivity index (χ3v) is 3.32. The van der Waals surface area contributed by atoms with Crippen molar-refractivity contribution in [3.8, 4) is 0 Å². The zero-order valence-electron chi connectivity index (χ0n) is 8.96. The first-order chi connectivity index (χ1) is 7.51. The van der Waals surface area contributed by atoms with Crippen molar-refractivity contribution in [3.63, 3.8) is 0 Å². The summed E-state index contributed by atoms with van der Waals surface area (Å²) in [7, 11) is 1.87. The Morgan fingerprint density at radius 2 is 2.06 bits per heavy atom. The number of halogens is 2. The van der Waals surface area contributed by atoms with Crippen molar-refractivity contribution >= 4 is 49.6 Å². The third kappa shape index (κ3) is 2.71. The van der Waals surface area contributed by atoms with Crippen LogP contribution in [0.15, 0.2) is 21.1 Å². The normalized spacial score (nSPS) is 10.0. The van der Waals surface area contributed by atoms with Gasteiger partial charge in [-0.05, 0) is 35.0 Å². The van der Waals surface area contributed by atoms with E-state index in [0.717, 1.165) is 21.2 Å². The Bertz CT molecular complexity index is 432. The molecule has 0 saturated heterocycles. The van der Waals surface area contributed by atoms with Crippen molar-refractivity contribution in [1.82, 2.24) is 0 Å². The quantitative estimate of drug-likeness (QED) is 0.476. The van der Waals surface area contributed by atoms with Crippen LogP contribution in [0.25, 0.3) is 0 Å². The van der Waals surface area contributed by atoms with Gasteiger partial charge in [-0.1, -0.05) is 15.9 Å². The Kier molecular flexibility index (Phi) is 4.68. The van der Waals surface area contributed by atoms with Crippen LogP contribution in [0, 0.1) is 0 Å². The number of hydrogen-bond acceptors (Lipinski definition) is 3. The summed E-state index contributed by atoms with van der Waals surface area (Å²) >= 11 is 6.70. The van der Waals surface area contributed by atoms with Gasteiger partial charge in [0, 0.05) is 22.5 Å². The lowest BCUT2D eigenvalue weighted by molar-refractivity contribution is -0.104. The SMILES string of the molecule is CCN(C)c1c(Br)cc(Br)cc1C(=O)C=O. The summed E-state index contributed by atoms with van der Waals surface area (Å²) in [6, 6.07) is 3.51. The first-order valence-corrected chi connectivity index (χ1v) is 6.29. The largest absolute Gasteiger partial charge is 0.373 e. The summed E-state index contributed by atoms with van der Waals surface area (Å²) in [5.74, 6) is -0.516. The lowest BCUT2D eigenvalue weighted by Crippen LogP contribution is -2.20. The molecule has 0 N–H and O–H groups in total. The van der Waals surface area contributed by atoms with Crippen LogP contribution in [0.1, 0.15) is 17.3 Å². The second kappa shape index (κ2) is 5.59. The molecule has 86 valence electrons. The summed E-state index contributed by atoms with van der Waals surface area (Å²) in [6.45, 7) is 2.73. The summed E-state index contributed by atoms with van der Waals surface area (Å²) in [4.78, 5) is 24.0. The Balaban J connectivity index is 3.43. The Labute approximate surface area is 111 Å². The Morgan fingerprint density at radius 3 is 2.56 bits per heavy atom. The van der Waals surface area contributed by atoms with Crippen LogP contribution in [-0.4, -0.2) is 25.7 Å². The van der Waals surface area contributed by atoms with E-state index in [2.05, 4.69) is 31.9 Å². The Morgan fingerprint density at radius 1 is 1.44 bits per heavy atom. The fourth-order valence-electron chi connectivity index (χ4n) is 1.36. The molecule has 0 bridgehead atoms. The average molecular weight is 349 g/mol. The molecule has 0 aromatic heterocycles. The predicted octanol–water partition coefficient (Wildman–Crippen LogP) is 3.05. The van der Waals surface area contributed by atoms with E-state index in [1.165, 1.54) is 0 Å². The zero-order chi connectivity index (χ0) is 12.3. The van der Waals surface area contributed by atoms with Gasteiger partial charge in [0.05, 0.1) is 11.3 Å². The van der Waals surface area contributed by atoms with E-state index >= 15 is 0 Å². The maximum atomic E-state index is 11.5. The summed E-state index contributed by atoms with van der Waals surface area (Å²) in [5.41, 5.74) is 1.14. The van der Waals surface area contributed by atoms with E-state index in [4.69, 9.17) is 0 Å². The number of ketones is 1. The maximum absolute atomic E-state index is 11.5. The number of nitrogens with zero attached hydrogens (tertiary/aromatic N) is 1. The molecule has 0 aliphatic carbocycles. The fraction of sp³-hybridized carbons (Fsp3) is 0.273. The van der Waals surface area contributed by atoms with Gasteiger partial charge < -0.3 is 4.90 Å². The molecule has 1 aromatic rings. The van der Waals surface area contributed by atoms with Crippen molar-refractivity contribution in [1.29, 1.82) is 0 Å². The molecule has 0 aliphatic rings. The van der Waals surface area contributed by atoms with E-state index in [-0.39, 0.29) is 0 Å².